The maximum Gasteiger partial charge on any atom is 4.00 e. The van der Waals surface area contributed by atoms with Gasteiger partial charge >= 0.3 is 26.2 Å². The maximum atomic E-state index is 2.33. The summed E-state index contributed by atoms with van der Waals surface area (Å²) in [5.41, 5.74) is 3.85. The molecule has 0 amide bonds. The van der Waals surface area contributed by atoms with Gasteiger partial charge in [-0.3, -0.25) is 0 Å². The zero-order valence-corrected chi connectivity index (χ0v) is 23.8. The molecule has 0 unspecified atom stereocenters. The van der Waals surface area contributed by atoms with Crippen molar-refractivity contribution in [3.05, 3.63) is 59.7 Å². The first kappa shape index (κ1) is 33.8. The van der Waals surface area contributed by atoms with Gasteiger partial charge in [0, 0.05) is 0 Å². The van der Waals surface area contributed by atoms with E-state index in [1.807, 2.05) is 0 Å². The van der Waals surface area contributed by atoms with Crippen LogP contribution in [0.2, 0.25) is 0 Å². The second-order valence-corrected chi connectivity index (χ2v) is 8.38. The van der Waals surface area contributed by atoms with Crippen LogP contribution < -0.4 is 24.8 Å². The first-order chi connectivity index (χ1) is 12.3. The van der Waals surface area contributed by atoms with Gasteiger partial charge in [-0.2, -0.15) is 35.4 Å². The largest absolute Gasteiger partial charge is 4.00 e. The number of rotatable bonds is 8. The molecule has 2 aromatic carbocycles. The minimum absolute atomic E-state index is 0. The van der Waals surface area contributed by atoms with Crippen molar-refractivity contribution in [1.29, 1.82) is 0 Å². The summed E-state index contributed by atoms with van der Waals surface area (Å²) in [7, 11) is 0. The Hall–Kier alpha value is 0.163. The third kappa shape index (κ3) is 7.66. The molecule has 2 rings (SSSR count). The van der Waals surface area contributed by atoms with Gasteiger partial charge in [0.25, 0.3) is 0 Å². The van der Waals surface area contributed by atoms with Crippen LogP contribution in [0, 0.1) is 11.8 Å². The molecule has 0 aromatic heterocycles. The second kappa shape index (κ2) is 15.9. The molecule has 0 saturated carbocycles. The molecule has 3 heteroatoms. The Labute approximate surface area is 213 Å². The van der Waals surface area contributed by atoms with Crippen LogP contribution in [0.25, 0.3) is 0 Å². The second-order valence-electron chi connectivity index (χ2n) is 8.38. The predicted molar refractivity (Wildman–Crippen MR) is 118 cm³/mol. The van der Waals surface area contributed by atoms with Crippen molar-refractivity contribution in [1.82, 2.24) is 0 Å². The van der Waals surface area contributed by atoms with Gasteiger partial charge in [-0.15, -0.1) is 0 Å². The standard InChI is InChI=1S/2C13H21.2ClH.Zr/c2*1-5-13(6-2,11(3)4)12-9-7-8-10-12;;;/h2*7-11H,5-6H2,1-4H3;2*1H;/q2*-1;;;+4/p-2. The minimum atomic E-state index is 0. The molecule has 0 nitrogen and oxygen atoms in total. The van der Waals surface area contributed by atoms with Gasteiger partial charge in [0.15, 0.2) is 0 Å². The molecular weight excluding hydrogens is 474 g/mol. The molecule has 0 spiro atoms. The monoisotopic (exact) mass is 514 g/mol. The number of halogens is 2. The molecule has 0 fully saturated rings. The zero-order chi connectivity index (χ0) is 19.8. The third-order valence-electron chi connectivity index (χ3n) is 7.21. The molecule has 0 aliphatic heterocycles. The fourth-order valence-electron chi connectivity index (χ4n) is 5.03. The van der Waals surface area contributed by atoms with E-state index < -0.39 is 0 Å². The number of hydrogen-bond donors (Lipinski definition) is 0. The van der Waals surface area contributed by atoms with Gasteiger partial charge in [-0.05, 0) is 22.7 Å². The normalized spacial score (nSPS) is 11.1. The molecule has 164 valence electrons. The third-order valence-corrected chi connectivity index (χ3v) is 7.21. The van der Waals surface area contributed by atoms with E-state index in [4.69, 9.17) is 0 Å². The Morgan fingerprint density at radius 1 is 0.552 bits per heavy atom. The fourth-order valence-corrected chi connectivity index (χ4v) is 5.03. The Bertz CT molecular complexity index is 520. The van der Waals surface area contributed by atoms with Crippen LogP contribution in [0.4, 0.5) is 0 Å². The molecule has 29 heavy (non-hydrogen) atoms. The Balaban J connectivity index is -0.000000422. The minimum Gasteiger partial charge on any atom is -1.00 e. The smallest absolute Gasteiger partial charge is 1.00 e. The van der Waals surface area contributed by atoms with E-state index in [1.165, 1.54) is 36.8 Å². The zero-order valence-electron chi connectivity index (χ0n) is 19.9. The van der Waals surface area contributed by atoms with Crippen molar-refractivity contribution in [2.75, 3.05) is 0 Å². The average Bonchev–Trinajstić information content (AvgIpc) is 3.33. The molecular formula is C26H42Cl2Zr. The Morgan fingerprint density at radius 3 is 0.897 bits per heavy atom. The summed E-state index contributed by atoms with van der Waals surface area (Å²) < 4.78 is 0. The van der Waals surface area contributed by atoms with Gasteiger partial charge in [-0.25, -0.2) is 24.3 Å². The first-order valence-electron chi connectivity index (χ1n) is 10.8. The van der Waals surface area contributed by atoms with Crippen LogP contribution >= 0.6 is 0 Å². The van der Waals surface area contributed by atoms with Gasteiger partial charge in [0.2, 0.25) is 0 Å². The van der Waals surface area contributed by atoms with Gasteiger partial charge in [-0.1, -0.05) is 81.1 Å². The van der Waals surface area contributed by atoms with Crippen molar-refractivity contribution < 1.29 is 51.0 Å². The predicted octanol–water partition coefficient (Wildman–Crippen LogP) is 2.24. The molecule has 0 radical (unpaired) electrons. The Morgan fingerprint density at radius 2 is 0.759 bits per heavy atom. The SMILES string of the molecule is CCC(CC)([c-]1cccc1)C(C)C.CCC(CC)([c-]1cccc1)C(C)C.[Cl-].[Cl-].[Zr+4]. The number of hydrogen-bond acceptors (Lipinski definition) is 0. The van der Waals surface area contributed by atoms with Crippen LogP contribution in [0.3, 0.4) is 0 Å². The molecule has 0 aliphatic rings. The summed E-state index contributed by atoms with van der Waals surface area (Å²) in [5, 5.41) is 0. The van der Waals surface area contributed by atoms with Crippen molar-refractivity contribution in [3.8, 4) is 0 Å². The van der Waals surface area contributed by atoms with E-state index in [0.717, 1.165) is 11.8 Å². The summed E-state index contributed by atoms with van der Waals surface area (Å²) in [6, 6.07) is 17.7. The van der Waals surface area contributed by atoms with Crippen LogP contribution in [-0.4, -0.2) is 0 Å². The molecule has 0 bridgehead atoms. The quantitative estimate of drug-likeness (QED) is 0.472. The topological polar surface area (TPSA) is 0 Å². The van der Waals surface area contributed by atoms with E-state index >= 15 is 0 Å². The van der Waals surface area contributed by atoms with E-state index in [1.54, 1.807) is 0 Å². The average molecular weight is 517 g/mol. The molecule has 0 N–H and O–H groups in total. The van der Waals surface area contributed by atoms with E-state index in [-0.39, 0.29) is 51.0 Å². The molecule has 0 atom stereocenters. The van der Waals surface area contributed by atoms with Crippen LogP contribution in [0.15, 0.2) is 48.5 Å². The summed E-state index contributed by atoms with van der Waals surface area (Å²) in [6.07, 6.45) is 4.96. The maximum absolute atomic E-state index is 2.33. The molecule has 0 heterocycles. The van der Waals surface area contributed by atoms with Crippen LogP contribution in [0.5, 0.6) is 0 Å². The summed E-state index contributed by atoms with van der Waals surface area (Å²) in [4.78, 5) is 0. The van der Waals surface area contributed by atoms with E-state index in [2.05, 4.69) is 104 Å². The summed E-state index contributed by atoms with van der Waals surface area (Å²) in [6.45, 7) is 18.5. The van der Waals surface area contributed by atoms with E-state index in [0.29, 0.717) is 10.8 Å². The summed E-state index contributed by atoms with van der Waals surface area (Å²) in [5.74, 6) is 1.45. The molecule has 2 aromatic rings. The van der Waals surface area contributed by atoms with Crippen molar-refractivity contribution in [2.45, 2.75) is 91.9 Å². The van der Waals surface area contributed by atoms with Crippen LogP contribution in [0.1, 0.15) is 92.2 Å². The van der Waals surface area contributed by atoms with Gasteiger partial charge in [0.1, 0.15) is 0 Å². The van der Waals surface area contributed by atoms with Crippen molar-refractivity contribution in [2.24, 2.45) is 11.8 Å². The van der Waals surface area contributed by atoms with E-state index in [9.17, 15) is 0 Å². The molecule has 0 aliphatic carbocycles. The van der Waals surface area contributed by atoms with Gasteiger partial charge in [0.05, 0.1) is 0 Å². The van der Waals surface area contributed by atoms with Gasteiger partial charge < -0.3 is 24.8 Å². The fraction of sp³-hybridized carbons (Fsp3) is 0.615. The van der Waals surface area contributed by atoms with Crippen molar-refractivity contribution >= 4 is 0 Å². The van der Waals surface area contributed by atoms with Crippen molar-refractivity contribution in [3.63, 3.8) is 0 Å². The summed E-state index contributed by atoms with van der Waals surface area (Å²) >= 11 is 0. The molecule has 0 saturated heterocycles. The Kier molecular flexibility index (Phi) is 18.5. The first-order valence-corrected chi connectivity index (χ1v) is 10.8. The van der Waals surface area contributed by atoms with Crippen LogP contribution in [-0.2, 0) is 37.0 Å².